The van der Waals surface area contributed by atoms with Gasteiger partial charge in [0.1, 0.15) is 0 Å². The maximum absolute atomic E-state index is 9.31. The Morgan fingerprint density at radius 2 is 0.842 bits per heavy atom. The Morgan fingerprint density at radius 3 is 1.51 bits per heavy atom. The monoisotopic (exact) mass is 1220 g/mol. The van der Waals surface area contributed by atoms with Crippen LogP contribution in [0.4, 0.5) is 17.1 Å². The summed E-state index contributed by atoms with van der Waals surface area (Å²) >= 11 is 0. The summed E-state index contributed by atoms with van der Waals surface area (Å²) in [6, 6.07) is 87.1. The molecule has 6 heterocycles. The van der Waals surface area contributed by atoms with Crippen LogP contribution in [-0.2, 0) is 16.2 Å². The average molecular weight is 1220 g/mol. The molecule has 0 unspecified atom stereocenters. The van der Waals surface area contributed by atoms with Crippen LogP contribution in [-0.4, -0.2) is 20.2 Å². The van der Waals surface area contributed by atoms with Gasteiger partial charge in [-0.05, 0) is 172 Å². The highest BCUT2D eigenvalue weighted by Gasteiger charge is 2.45. The smallest absolute Gasteiger partial charge is 0.252 e. The maximum Gasteiger partial charge on any atom is 0.252 e. The number of anilines is 3. The van der Waals surface area contributed by atoms with Crippen molar-refractivity contribution in [2.24, 2.45) is 0 Å². The predicted molar refractivity (Wildman–Crippen MR) is 409 cm³/mol. The Morgan fingerprint density at radius 1 is 0.316 bits per heavy atom. The fourth-order valence-corrected chi connectivity index (χ4v) is 16.5. The minimum Gasteiger partial charge on any atom is -0.311 e. The fraction of sp³-hybridized carbons (Fsp3) is 0.133. The van der Waals surface area contributed by atoms with E-state index in [2.05, 4.69) is 311 Å². The molecule has 0 fully saturated rings. The molecule has 0 amide bonds. The van der Waals surface area contributed by atoms with Crippen molar-refractivity contribution in [3.8, 4) is 33.6 Å². The Labute approximate surface area is 561 Å². The van der Waals surface area contributed by atoms with Crippen molar-refractivity contribution in [3.05, 3.63) is 283 Å². The van der Waals surface area contributed by atoms with Gasteiger partial charge in [-0.25, -0.2) is 0 Å². The van der Waals surface area contributed by atoms with Gasteiger partial charge in [0.15, 0.2) is 0 Å². The zero-order valence-electron chi connectivity index (χ0n) is 59.9. The molecule has 19 rings (SSSR count). The first-order chi connectivity index (χ1) is 48.1. The molecule has 4 aromatic heterocycles. The van der Waals surface area contributed by atoms with Crippen molar-refractivity contribution in [1.29, 1.82) is 0 Å². The van der Waals surface area contributed by atoms with E-state index in [0.29, 0.717) is 5.56 Å². The molecule has 2 aliphatic rings. The summed E-state index contributed by atoms with van der Waals surface area (Å²) in [4.78, 5) is 2.62. The van der Waals surface area contributed by atoms with Crippen LogP contribution in [0.2, 0.25) is 0 Å². The van der Waals surface area contributed by atoms with E-state index < -0.39 is 6.04 Å². The van der Waals surface area contributed by atoms with E-state index in [0.717, 1.165) is 121 Å². The lowest BCUT2D eigenvalue weighted by Crippen LogP contribution is -2.60. The molecule has 0 aliphatic carbocycles. The lowest BCUT2D eigenvalue weighted by molar-refractivity contribution is 0.590. The van der Waals surface area contributed by atoms with E-state index in [9.17, 15) is 2.74 Å². The van der Waals surface area contributed by atoms with E-state index >= 15 is 0 Å². The SMILES string of the molecule is [2H]c1c([2H])c([2H])c(-c2ccc3c(c2)c2cc(C(C)(C)C)cc4c2n3-c2cc3c(c5c2B4c2ccc(-n4c6ccc(C(C)(C)C)cc6c6cc(C(C)(C)C)ccc64)cc2N5c2ccc(-c4ccccc4)cc2)c2cccc4c5ccccc5c5ccccc5c5ccccc5n3c42)c([2H])c1[2H]. The van der Waals surface area contributed by atoms with Gasteiger partial charge in [0.05, 0.1) is 45.6 Å². The highest BCUT2D eigenvalue weighted by molar-refractivity contribution is 7.00. The zero-order valence-corrected chi connectivity index (χ0v) is 54.9. The molecule has 0 atom stereocenters. The summed E-state index contributed by atoms with van der Waals surface area (Å²) in [5, 5.41) is 13.6. The van der Waals surface area contributed by atoms with Gasteiger partial charge in [-0.1, -0.05) is 250 Å². The minimum atomic E-state index is -0.410. The normalized spacial score (nSPS) is 14.0. The molecule has 0 saturated heterocycles. The number of para-hydroxylation sites is 2. The molecule has 5 heteroatoms. The number of hydrogen-bond acceptors (Lipinski definition) is 1. The average Bonchev–Trinajstić information content (AvgIpc) is 1.38. The van der Waals surface area contributed by atoms with Gasteiger partial charge >= 0.3 is 0 Å². The van der Waals surface area contributed by atoms with Crippen LogP contribution >= 0.6 is 0 Å². The molecule has 95 heavy (non-hydrogen) atoms. The number of aromatic nitrogens is 3. The third-order valence-corrected chi connectivity index (χ3v) is 21.1. The topological polar surface area (TPSA) is 17.5 Å². The summed E-state index contributed by atoms with van der Waals surface area (Å²) in [5.41, 5.74) is 22.7. The molecule has 0 saturated carbocycles. The molecule has 2 aliphatic heterocycles. The molecule has 13 aromatic carbocycles. The standard InChI is InChI=1S/C90H71BN4/c1-88(2,3)58-38-45-77-71(48-58)72-49-59(89(4,5)6)39-46-78(72)92(77)62-42-43-74-80(52-62)93(61-40-35-56(36-41-61)54-23-12-10-13-24-54)87-83-69-33-22-32-68-66-30-19-17-28-64(66)63-27-16-18-29-65(63)67-31-20-21-34-76(67)94(85(68)69)81(83)53-82-84(87)91(74)75-51-60(90(7,8)9)50-73-70-47-57(55-25-14-11-15-26-55)37-44-79(70)95(82)86(73)75/h10-53H,1-9H3/i11D,14D,15D,25D,26D. The van der Waals surface area contributed by atoms with Crippen molar-refractivity contribution in [3.63, 3.8) is 0 Å². The summed E-state index contributed by atoms with van der Waals surface area (Å²) in [6.45, 7) is 20.4. The second-order valence-corrected chi connectivity index (χ2v) is 29.7. The number of fused-ring (bicyclic) bond motifs is 21. The second kappa shape index (κ2) is 19.8. The van der Waals surface area contributed by atoms with Gasteiger partial charge < -0.3 is 18.4 Å². The van der Waals surface area contributed by atoms with Crippen LogP contribution in [0.25, 0.3) is 137 Å². The van der Waals surface area contributed by atoms with Crippen LogP contribution in [0.3, 0.4) is 0 Å². The predicted octanol–water partition coefficient (Wildman–Crippen LogP) is 22.3. The molecule has 0 spiro atoms. The highest BCUT2D eigenvalue weighted by atomic mass is 15.2. The van der Waals surface area contributed by atoms with Crippen LogP contribution < -0.4 is 21.3 Å². The molecular weight excluding hydrogens is 1150 g/mol. The Kier molecular flexibility index (Phi) is 10.6. The van der Waals surface area contributed by atoms with Crippen LogP contribution in [0.1, 0.15) is 85.9 Å². The van der Waals surface area contributed by atoms with Crippen LogP contribution in [0.5, 0.6) is 0 Å². The van der Waals surface area contributed by atoms with Gasteiger partial charge in [-0.15, -0.1) is 0 Å². The first-order valence-corrected chi connectivity index (χ1v) is 33.4. The lowest BCUT2D eigenvalue weighted by atomic mass is 9.33. The molecule has 0 radical (unpaired) electrons. The van der Waals surface area contributed by atoms with Crippen molar-refractivity contribution in [1.82, 2.24) is 13.5 Å². The molecule has 17 aromatic rings. The molecule has 0 bridgehead atoms. The molecular formula is C90H71BN4. The van der Waals surface area contributed by atoms with Gasteiger partial charge in [-0.3, -0.25) is 0 Å². The quantitative estimate of drug-likeness (QED) is 0.161. The largest absolute Gasteiger partial charge is 0.311 e. The summed E-state index contributed by atoms with van der Waals surface area (Å²) in [5.74, 6) is 0. The second-order valence-electron chi connectivity index (χ2n) is 29.7. The molecule has 0 N–H and O–H groups in total. The highest BCUT2D eigenvalue weighted by Crippen LogP contribution is 2.51. The third kappa shape index (κ3) is 8.08. The summed E-state index contributed by atoms with van der Waals surface area (Å²) in [6.07, 6.45) is 0. The number of rotatable bonds is 4. The van der Waals surface area contributed by atoms with Gasteiger partial charge in [-0.2, -0.15) is 0 Å². The maximum atomic E-state index is 9.31. The van der Waals surface area contributed by atoms with Gasteiger partial charge in [0.2, 0.25) is 0 Å². The number of benzene rings is 13. The molecule has 4 nitrogen and oxygen atoms in total. The first-order valence-electron chi connectivity index (χ1n) is 35.9. The minimum absolute atomic E-state index is 0.0743. The summed E-state index contributed by atoms with van der Waals surface area (Å²) in [7, 11) is 0. The first kappa shape index (κ1) is 50.7. The Bertz CT molecular complexity index is 6430. The van der Waals surface area contributed by atoms with E-state index in [1.807, 2.05) is 6.07 Å². The van der Waals surface area contributed by atoms with Crippen molar-refractivity contribution in [2.45, 2.75) is 78.6 Å². The van der Waals surface area contributed by atoms with Gasteiger partial charge in [0.25, 0.3) is 6.71 Å². The van der Waals surface area contributed by atoms with Crippen LogP contribution in [0, 0.1) is 0 Å². The fourth-order valence-electron chi connectivity index (χ4n) is 16.5. The Balaban J connectivity index is 1.03. The molecule has 454 valence electrons. The zero-order chi connectivity index (χ0) is 68.5. The van der Waals surface area contributed by atoms with Gasteiger partial charge in [0, 0.05) is 71.4 Å². The van der Waals surface area contributed by atoms with E-state index in [1.54, 1.807) is 0 Å². The van der Waals surface area contributed by atoms with Crippen molar-refractivity contribution in [2.75, 3.05) is 4.90 Å². The van der Waals surface area contributed by atoms with E-state index in [1.165, 1.54) is 54.6 Å². The van der Waals surface area contributed by atoms with Crippen molar-refractivity contribution >= 4 is 143 Å². The number of hydrogen-bond donors (Lipinski definition) is 0. The number of nitrogens with zero attached hydrogens (tertiary/aromatic N) is 4. The summed E-state index contributed by atoms with van der Waals surface area (Å²) < 4.78 is 52.5. The Hall–Kier alpha value is -10.9. The van der Waals surface area contributed by atoms with Crippen LogP contribution in [0.15, 0.2) is 267 Å². The van der Waals surface area contributed by atoms with E-state index in [4.69, 9.17) is 4.11 Å². The lowest BCUT2D eigenvalue weighted by Gasteiger charge is -2.41. The third-order valence-electron chi connectivity index (χ3n) is 21.1. The van der Waals surface area contributed by atoms with Crippen molar-refractivity contribution < 1.29 is 6.85 Å². The van der Waals surface area contributed by atoms with E-state index in [-0.39, 0.29) is 52.7 Å².